The summed E-state index contributed by atoms with van der Waals surface area (Å²) in [6.07, 6.45) is 0. The zero-order chi connectivity index (χ0) is 15.1. The minimum absolute atomic E-state index is 0.0761. The summed E-state index contributed by atoms with van der Waals surface area (Å²) < 4.78 is 1.84. The molecule has 2 aromatic heterocycles. The highest BCUT2D eigenvalue weighted by molar-refractivity contribution is 5.63. The second-order valence-electron chi connectivity index (χ2n) is 6.03. The van der Waals surface area contributed by atoms with Crippen molar-refractivity contribution in [2.45, 2.75) is 40.0 Å². The predicted octanol–water partition coefficient (Wildman–Crippen LogP) is 2.08. The van der Waals surface area contributed by atoms with E-state index >= 15 is 0 Å². The van der Waals surface area contributed by atoms with E-state index in [0.29, 0.717) is 11.6 Å². The molecular weight excluding hydrogens is 252 g/mol. The fraction of sp³-hybridized carbons (Fsp3) is 0.500. The van der Waals surface area contributed by atoms with Crippen LogP contribution in [0.4, 0.5) is 5.82 Å². The number of nitrogens with two attached hydrogens (primary N) is 1. The van der Waals surface area contributed by atoms with Crippen molar-refractivity contribution in [3.05, 3.63) is 23.1 Å². The molecule has 0 bridgehead atoms. The third-order valence-electron chi connectivity index (χ3n) is 3.38. The van der Waals surface area contributed by atoms with Crippen LogP contribution in [0.25, 0.3) is 11.4 Å². The van der Waals surface area contributed by atoms with Crippen LogP contribution in [0.2, 0.25) is 0 Å². The van der Waals surface area contributed by atoms with Gasteiger partial charge >= 0.3 is 0 Å². The molecule has 6 nitrogen and oxygen atoms in total. The summed E-state index contributed by atoms with van der Waals surface area (Å²) in [6.45, 7) is 10.3. The number of hydrazine groups is 1. The lowest BCUT2D eigenvalue weighted by atomic mass is 9.91. The zero-order valence-electron chi connectivity index (χ0n) is 12.9. The van der Waals surface area contributed by atoms with Crippen molar-refractivity contribution in [1.29, 1.82) is 0 Å². The molecule has 20 heavy (non-hydrogen) atoms. The van der Waals surface area contributed by atoms with Gasteiger partial charge in [0.05, 0.1) is 17.0 Å². The lowest BCUT2D eigenvalue weighted by molar-refractivity contribution is 0.568. The third-order valence-corrected chi connectivity index (χ3v) is 3.38. The summed E-state index contributed by atoms with van der Waals surface area (Å²) in [5.41, 5.74) is 6.41. The highest BCUT2D eigenvalue weighted by Crippen LogP contribution is 2.28. The molecule has 0 unspecified atom stereocenters. The molecule has 0 saturated heterocycles. The summed E-state index contributed by atoms with van der Waals surface area (Å²) >= 11 is 0. The highest BCUT2D eigenvalue weighted by Gasteiger charge is 2.21. The minimum atomic E-state index is -0.0761. The first-order chi connectivity index (χ1) is 9.24. The smallest absolute Gasteiger partial charge is 0.165 e. The molecule has 0 atom stereocenters. The normalized spacial score (nSPS) is 11.8. The van der Waals surface area contributed by atoms with E-state index in [2.05, 4.69) is 36.3 Å². The first-order valence-electron chi connectivity index (χ1n) is 6.60. The maximum absolute atomic E-state index is 5.53. The first-order valence-corrected chi connectivity index (χ1v) is 6.60. The van der Waals surface area contributed by atoms with E-state index < -0.39 is 0 Å². The molecule has 0 radical (unpaired) electrons. The molecule has 2 heterocycles. The topological polar surface area (TPSA) is 81.7 Å². The van der Waals surface area contributed by atoms with Gasteiger partial charge in [-0.05, 0) is 13.8 Å². The Morgan fingerprint density at radius 2 is 1.85 bits per heavy atom. The van der Waals surface area contributed by atoms with Crippen LogP contribution in [0.15, 0.2) is 6.07 Å². The quantitative estimate of drug-likeness (QED) is 0.647. The van der Waals surface area contributed by atoms with E-state index in [0.717, 1.165) is 22.6 Å². The minimum Gasteiger partial charge on any atom is -0.308 e. The van der Waals surface area contributed by atoms with E-state index in [4.69, 9.17) is 10.8 Å². The molecule has 0 aliphatic heterocycles. The second kappa shape index (κ2) is 4.86. The van der Waals surface area contributed by atoms with Crippen LogP contribution in [0.3, 0.4) is 0 Å². The largest absolute Gasteiger partial charge is 0.308 e. The van der Waals surface area contributed by atoms with Gasteiger partial charge in [0, 0.05) is 24.2 Å². The van der Waals surface area contributed by atoms with Crippen molar-refractivity contribution < 1.29 is 0 Å². The number of nitrogens with zero attached hydrogens (tertiary/aromatic N) is 4. The molecule has 0 amide bonds. The number of hydrogen-bond acceptors (Lipinski definition) is 5. The highest BCUT2D eigenvalue weighted by atomic mass is 15.3. The molecule has 2 rings (SSSR count). The summed E-state index contributed by atoms with van der Waals surface area (Å²) in [7, 11) is 1.92. The van der Waals surface area contributed by atoms with Gasteiger partial charge in [-0.15, -0.1) is 0 Å². The first kappa shape index (κ1) is 14.5. The van der Waals surface area contributed by atoms with E-state index in [1.54, 1.807) is 0 Å². The summed E-state index contributed by atoms with van der Waals surface area (Å²) in [5.74, 6) is 6.80. The molecule has 2 aromatic rings. The molecule has 0 fully saturated rings. The number of aromatic nitrogens is 4. The van der Waals surface area contributed by atoms with Crippen LogP contribution in [0, 0.1) is 13.8 Å². The van der Waals surface area contributed by atoms with Crippen LogP contribution in [0.5, 0.6) is 0 Å². The Morgan fingerprint density at radius 1 is 1.20 bits per heavy atom. The molecule has 0 aromatic carbocycles. The van der Waals surface area contributed by atoms with Crippen LogP contribution < -0.4 is 11.3 Å². The monoisotopic (exact) mass is 274 g/mol. The van der Waals surface area contributed by atoms with Gasteiger partial charge in [-0.1, -0.05) is 20.8 Å². The van der Waals surface area contributed by atoms with Gasteiger partial charge in [-0.2, -0.15) is 5.10 Å². The van der Waals surface area contributed by atoms with E-state index in [-0.39, 0.29) is 5.41 Å². The van der Waals surface area contributed by atoms with E-state index in [1.165, 1.54) is 0 Å². The fourth-order valence-corrected chi connectivity index (χ4v) is 2.11. The molecule has 0 aliphatic carbocycles. The standard InChI is InChI=1S/C14H22N6/c1-8-12(9(2)20(6)19-8)13-16-10(14(3,4)5)7-11(17-13)18-15/h7H,15H2,1-6H3,(H,16,17,18). The number of nitrogen functional groups attached to an aromatic ring is 1. The molecule has 3 N–H and O–H groups in total. The summed E-state index contributed by atoms with van der Waals surface area (Å²) in [5, 5.41) is 4.42. The average molecular weight is 274 g/mol. The Labute approximate surface area is 119 Å². The molecule has 6 heteroatoms. The maximum atomic E-state index is 5.53. The fourth-order valence-electron chi connectivity index (χ4n) is 2.11. The van der Waals surface area contributed by atoms with Crippen molar-refractivity contribution >= 4 is 5.82 Å². The predicted molar refractivity (Wildman–Crippen MR) is 80.2 cm³/mol. The average Bonchev–Trinajstić information content (AvgIpc) is 2.61. The lowest BCUT2D eigenvalue weighted by Gasteiger charge is -2.19. The number of anilines is 1. The van der Waals surface area contributed by atoms with Crippen LogP contribution >= 0.6 is 0 Å². The zero-order valence-corrected chi connectivity index (χ0v) is 12.9. The maximum Gasteiger partial charge on any atom is 0.165 e. The molecule has 0 aliphatic rings. The van der Waals surface area contributed by atoms with Gasteiger partial charge in [-0.25, -0.2) is 15.8 Å². The van der Waals surface area contributed by atoms with Gasteiger partial charge in [0.15, 0.2) is 5.82 Å². The van der Waals surface area contributed by atoms with Crippen molar-refractivity contribution in [1.82, 2.24) is 19.7 Å². The van der Waals surface area contributed by atoms with E-state index in [1.807, 2.05) is 31.6 Å². The molecule has 0 spiro atoms. The number of hydrogen-bond donors (Lipinski definition) is 2. The van der Waals surface area contributed by atoms with Gasteiger partial charge in [0.25, 0.3) is 0 Å². The lowest BCUT2D eigenvalue weighted by Crippen LogP contribution is -2.17. The molecule has 0 saturated carbocycles. The summed E-state index contributed by atoms with van der Waals surface area (Å²) in [4.78, 5) is 9.17. The number of rotatable bonds is 2. The van der Waals surface area contributed by atoms with Gasteiger partial charge < -0.3 is 5.43 Å². The summed E-state index contributed by atoms with van der Waals surface area (Å²) in [6, 6.07) is 1.88. The third kappa shape index (κ3) is 2.51. The van der Waals surface area contributed by atoms with E-state index in [9.17, 15) is 0 Å². The Morgan fingerprint density at radius 3 is 2.30 bits per heavy atom. The molecule has 108 valence electrons. The van der Waals surface area contributed by atoms with Crippen molar-refractivity contribution in [2.75, 3.05) is 5.43 Å². The Bertz CT molecular complexity index is 636. The number of nitrogens with one attached hydrogen (secondary N) is 1. The Balaban J connectivity index is 2.68. The van der Waals surface area contributed by atoms with Gasteiger partial charge in [0.2, 0.25) is 0 Å². The number of aryl methyl sites for hydroxylation is 2. The van der Waals surface area contributed by atoms with Crippen LogP contribution in [0.1, 0.15) is 37.9 Å². The Hall–Kier alpha value is -1.95. The van der Waals surface area contributed by atoms with Gasteiger partial charge in [0.1, 0.15) is 5.82 Å². The second-order valence-corrected chi connectivity index (χ2v) is 6.03. The van der Waals surface area contributed by atoms with Crippen molar-refractivity contribution in [2.24, 2.45) is 12.9 Å². The van der Waals surface area contributed by atoms with Crippen LogP contribution in [-0.2, 0) is 12.5 Å². The molecular formula is C14H22N6. The van der Waals surface area contributed by atoms with Crippen molar-refractivity contribution in [3.8, 4) is 11.4 Å². The van der Waals surface area contributed by atoms with Crippen molar-refractivity contribution in [3.63, 3.8) is 0 Å². The van der Waals surface area contributed by atoms with Crippen LogP contribution in [-0.4, -0.2) is 19.7 Å². The Kier molecular flexibility index (Phi) is 3.52. The SMILES string of the molecule is Cc1nn(C)c(C)c1-c1nc(NN)cc(C(C)(C)C)n1. The van der Waals surface area contributed by atoms with Gasteiger partial charge in [-0.3, -0.25) is 4.68 Å².